The van der Waals surface area contributed by atoms with Crippen LogP contribution in [0.15, 0.2) is 47.5 Å². The van der Waals surface area contributed by atoms with Gasteiger partial charge in [0.25, 0.3) is 0 Å². The lowest BCUT2D eigenvalue weighted by Crippen LogP contribution is -2.47. The molecule has 0 aliphatic carbocycles. The van der Waals surface area contributed by atoms with Crippen LogP contribution >= 0.6 is 0 Å². The molecule has 0 saturated carbocycles. The molecule has 0 aromatic heterocycles. The second kappa shape index (κ2) is 8.89. The first-order chi connectivity index (χ1) is 13.3. The predicted molar refractivity (Wildman–Crippen MR) is 112 cm³/mol. The first-order valence-electron chi connectivity index (χ1n) is 10.5. The van der Waals surface area contributed by atoms with Crippen molar-refractivity contribution < 1.29 is 0 Å². The third-order valence-electron chi connectivity index (χ3n) is 6.26. The van der Waals surface area contributed by atoms with E-state index in [1.165, 1.54) is 31.4 Å². The quantitative estimate of drug-likeness (QED) is 0.491. The van der Waals surface area contributed by atoms with Crippen molar-refractivity contribution in [3.05, 3.63) is 48.0 Å². The van der Waals surface area contributed by atoms with Gasteiger partial charge in [-0.05, 0) is 31.4 Å². The van der Waals surface area contributed by atoms with Crippen molar-refractivity contribution in [3.63, 3.8) is 0 Å². The van der Waals surface area contributed by atoms with E-state index in [-0.39, 0.29) is 0 Å². The highest BCUT2D eigenvalue weighted by molar-refractivity contribution is 5.80. The molecule has 1 aromatic carbocycles. The molecule has 4 rings (SSSR count). The van der Waals surface area contributed by atoms with E-state index >= 15 is 0 Å². The standard InChI is InChI=1S/C22H33N5/c1-23-22(27-15-11-21(18-27)25-12-5-6-13-25)24-16-20-10-7-14-26(20)17-19-8-3-2-4-9-19/h2-6,8-9,20-21H,7,10-18H2,1H3,(H,23,24). The summed E-state index contributed by atoms with van der Waals surface area (Å²) in [6.07, 6.45) is 8.39. The second-order valence-electron chi connectivity index (χ2n) is 7.99. The lowest BCUT2D eigenvalue weighted by Gasteiger charge is -2.28. The van der Waals surface area contributed by atoms with Gasteiger partial charge in [0.15, 0.2) is 5.96 Å². The summed E-state index contributed by atoms with van der Waals surface area (Å²) in [7, 11) is 1.92. The Hall–Kier alpha value is -1.85. The Morgan fingerprint density at radius 2 is 1.93 bits per heavy atom. The van der Waals surface area contributed by atoms with Gasteiger partial charge in [-0.15, -0.1) is 0 Å². The van der Waals surface area contributed by atoms with Crippen LogP contribution in [-0.2, 0) is 6.54 Å². The van der Waals surface area contributed by atoms with Crippen molar-refractivity contribution in [2.75, 3.05) is 46.3 Å². The van der Waals surface area contributed by atoms with Crippen molar-refractivity contribution in [3.8, 4) is 0 Å². The van der Waals surface area contributed by atoms with Crippen LogP contribution in [-0.4, -0.2) is 79.1 Å². The van der Waals surface area contributed by atoms with E-state index in [0.717, 1.165) is 45.2 Å². The maximum atomic E-state index is 4.58. The Morgan fingerprint density at radius 1 is 1.11 bits per heavy atom. The van der Waals surface area contributed by atoms with Crippen molar-refractivity contribution in [2.24, 2.45) is 4.99 Å². The first kappa shape index (κ1) is 18.5. The summed E-state index contributed by atoms with van der Waals surface area (Å²) in [4.78, 5) is 12.2. The van der Waals surface area contributed by atoms with E-state index in [1.54, 1.807) is 0 Å². The van der Waals surface area contributed by atoms with Crippen LogP contribution in [0.1, 0.15) is 24.8 Å². The van der Waals surface area contributed by atoms with Crippen LogP contribution in [0, 0.1) is 0 Å². The van der Waals surface area contributed by atoms with Crippen molar-refractivity contribution >= 4 is 5.96 Å². The summed E-state index contributed by atoms with van der Waals surface area (Å²) in [6, 6.07) is 12.1. The lowest BCUT2D eigenvalue weighted by molar-refractivity contribution is 0.242. The lowest BCUT2D eigenvalue weighted by atomic mass is 10.2. The van der Waals surface area contributed by atoms with Gasteiger partial charge >= 0.3 is 0 Å². The van der Waals surface area contributed by atoms with E-state index in [9.17, 15) is 0 Å². The molecule has 1 N–H and O–H groups in total. The van der Waals surface area contributed by atoms with Gasteiger partial charge in [-0.3, -0.25) is 14.8 Å². The van der Waals surface area contributed by atoms with Crippen molar-refractivity contribution in [2.45, 2.75) is 37.9 Å². The van der Waals surface area contributed by atoms with Gasteiger partial charge in [0.05, 0.1) is 0 Å². The molecule has 0 bridgehead atoms. The molecule has 5 nitrogen and oxygen atoms in total. The zero-order valence-corrected chi connectivity index (χ0v) is 16.6. The molecule has 0 amide bonds. The fourth-order valence-electron chi connectivity index (χ4n) is 4.72. The van der Waals surface area contributed by atoms with Crippen LogP contribution in [0.4, 0.5) is 0 Å². The monoisotopic (exact) mass is 367 g/mol. The fraction of sp³-hybridized carbons (Fsp3) is 0.591. The Labute approximate surface area is 163 Å². The largest absolute Gasteiger partial charge is 0.355 e. The number of nitrogens with one attached hydrogen (secondary N) is 1. The normalized spacial score (nSPS) is 27.0. The summed E-state index contributed by atoms with van der Waals surface area (Å²) in [5.74, 6) is 1.08. The van der Waals surface area contributed by atoms with Crippen LogP contribution in [0.5, 0.6) is 0 Å². The summed E-state index contributed by atoms with van der Waals surface area (Å²) < 4.78 is 0. The molecule has 2 saturated heterocycles. The molecule has 2 fully saturated rings. The number of rotatable bonds is 5. The summed E-state index contributed by atoms with van der Waals surface area (Å²) in [5, 5.41) is 3.68. The molecule has 5 heteroatoms. The van der Waals surface area contributed by atoms with Gasteiger partial charge in [-0.2, -0.15) is 0 Å². The Bertz CT molecular complexity index is 648. The Morgan fingerprint density at radius 3 is 2.70 bits per heavy atom. The molecule has 146 valence electrons. The van der Waals surface area contributed by atoms with E-state index in [0.29, 0.717) is 12.1 Å². The average molecular weight is 368 g/mol. The van der Waals surface area contributed by atoms with Gasteiger partial charge in [0.1, 0.15) is 0 Å². The van der Waals surface area contributed by atoms with Gasteiger partial charge in [0, 0.05) is 58.4 Å². The number of hydrogen-bond donors (Lipinski definition) is 1. The van der Waals surface area contributed by atoms with E-state index in [2.05, 4.69) is 67.5 Å². The SMILES string of the molecule is CN=C(NCC1CCCN1Cc1ccccc1)N1CCC(N2CC=CC2)C1. The molecule has 3 aliphatic heterocycles. The molecule has 1 aromatic rings. The van der Waals surface area contributed by atoms with Gasteiger partial charge in [0.2, 0.25) is 0 Å². The zero-order chi connectivity index (χ0) is 18.5. The summed E-state index contributed by atoms with van der Waals surface area (Å²) in [5.41, 5.74) is 1.41. The maximum absolute atomic E-state index is 4.58. The number of hydrogen-bond acceptors (Lipinski definition) is 3. The molecule has 2 atom stereocenters. The number of benzene rings is 1. The van der Waals surface area contributed by atoms with Crippen LogP contribution < -0.4 is 5.32 Å². The fourth-order valence-corrected chi connectivity index (χ4v) is 4.72. The number of guanidine groups is 1. The highest BCUT2D eigenvalue weighted by atomic mass is 15.3. The van der Waals surface area contributed by atoms with E-state index in [4.69, 9.17) is 0 Å². The molecule has 27 heavy (non-hydrogen) atoms. The smallest absolute Gasteiger partial charge is 0.193 e. The number of nitrogens with zero attached hydrogens (tertiary/aromatic N) is 4. The van der Waals surface area contributed by atoms with Gasteiger partial charge in [-0.25, -0.2) is 0 Å². The second-order valence-corrected chi connectivity index (χ2v) is 7.99. The summed E-state index contributed by atoms with van der Waals surface area (Å²) in [6.45, 7) is 7.68. The van der Waals surface area contributed by atoms with Crippen LogP contribution in [0.2, 0.25) is 0 Å². The Balaban J connectivity index is 1.27. The maximum Gasteiger partial charge on any atom is 0.193 e. The third-order valence-corrected chi connectivity index (χ3v) is 6.26. The molecular weight excluding hydrogens is 334 g/mol. The minimum atomic E-state index is 0.600. The van der Waals surface area contributed by atoms with Gasteiger partial charge in [-0.1, -0.05) is 42.5 Å². The topological polar surface area (TPSA) is 34.1 Å². The predicted octanol–water partition coefficient (Wildman–Crippen LogP) is 2.17. The van der Waals surface area contributed by atoms with Crippen LogP contribution in [0.25, 0.3) is 0 Å². The molecule has 3 heterocycles. The average Bonchev–Trinajstić information content (AvgIpc) is 3.45. The molecule has 0 spiro atoms. The van der Waals surface area contributed by atoms with Crippen molar-refractivity contribution in [1.82, 2.24) is 20.0 Å². The molecule has 0 radical (unpaired) electrons. The molecule has 2 unspecified atom stereocenters. The highest BCUT2D eigenvalue weighted by Crippen LogP contribution is 2.21. The van der Waals surface area contributed by atoms with E-state index in [1.807, 2.05) is 7.05 Å². The molecular formula is C22H33N5. The zero-order valence-electron chi connectivity index (χ0n) is 16.6. The highest BCUT2D eigenvalue weighted by Gasteiger charge is 2.30. The minimum Gasteiger partial charge on any atom is -0.355 e. The van der Waals surface area contributed by atoms with Crippen molar-refractivity contribution in [1.29, 1.82) is 0 Å². The Kier molecular flexibility index (Phi) is 6.10. The third kappa shape index (κ3) is 4.53. The van der Waals surface area contributed by atoms with E-state index < -0.39 is 0 Å². The first-order valence-corrected chi connectivity index (χ1v) is 10.5. The van der Waals surface area contributed by atoms with Crippen LogP contribution in [0.3, 0.4) is 0 Å². The molecule has 3 aliphatic rings. The number of aliphatic imine (C=N–C) groups is 1. The summed E-state index contributed by atoms with van der Waals surface area (Å²) >= 11 is 0. The minimum absolute atomic E-state index is 0.600. The number of likely N-dealkylation sites (tertiary alicyclic amines) is 2. The van der Waals surface area contributed by atoms with Gasteiger partial charge < -0.3 is 10.2 Å².